The molecule has 0 saturated heterocycles. The summed E-state index contributed by atoms with van der Waals surface area (Å²) in [6, 6.07) is 16.1. The molecule has 25 heavy (non-hydrogen) atoms. The topological polar surface area (TPSA) is 96.2 Å². The number of amides is 3. The standard InChI is InChI=1S/C19H24N4O2/c1-13(12-20)18(24)21-14(2)15-8-10-17(11-9-15)23-19(25)22-16-6-4-3-5-7-16/h3-11,13-14H,12,20H2,1-2H3,(H,21,24)(H2,22,23,25). The quantitative estimate of drug-likeness (QED) is 0.650. The van der Waals surface area contributed by atoms with E-state index in [0.29, 0.717) is 12.2 Å². The molecular formula is C19H24N4O2. The molecule has 6 nitrogen and oxygen atoms in total. The molecule has 0 radical (unpaired) electrons. The second kappa shape index (κ2) is 8.84. The van der Waals surface area contributed by atoms with Gasteiger partial charge in [0.05, 0.1) is 6.04 Å². The first-order valence-corrected chi connectivity index (χ1v) is 8.23. The Labute approximate surface area is 147 Å². The van der Waals surface area contributed by atoms with Crippen molar-refractivity contribution in [3.8, 4) is 0 Å². The van der Waals surface area contributed by atoms with Gasteiger partial charge in [0.1, 0.15) is 0 Å². The molecule has 2 unspecified atom stereocenters. The van der Waals surface area contributed by atoms with Gasteiger partial charge in [-0.2, -0.15) is 0 Å². The SMILES string of the molecule is CC(CN)C(=O)NC(C)c1ccc(NC(=O)Nc2ccccc2)cc1. The molecule has 6 heteroatoms. The summed E-state index contributed by atoms with van der Waals surface area (Å²) in [5, 5.41) is 8.45. The van der Waals surface area contributed by atoms with E-state index < -0.39 is 0 Å². The second-order valence-corrected chi connectivity index (χ2v) is 5.93. The third kappa shape index (κ3) is 5.61. The lowest BCUT2D eigenvalue weighted by atomic mass is 10.1. The van der Waals surface area contributed by atoms with Crippen molar-refractivity contribution in [1.82, 2.24) is 5.32 Å². The van der Waals surface area contributed by atoms with Crippen molar-refractivity contribution in [1.29, 1.82) is 0 Å². The van der Waals surface area contributed by atoms with Crippen LogP contribution in [0.15, 0.2) is 54.6 Å². The van der Waals surface area contributed by atoms with Crippen LogP contribution in [-0.4, -0.2) is 18.5 Å². The first-order valence-electron chi connectivity index (χ1n) is 8.23. The molecule has 0 aliphatic carbocycles. The molecule has 0 aliphatic heterocycles. The highest BCUT2D eigenvalue weighted by Crippen LogP contribution is 2.17. The first kappa shape index (κ1) is 18.5. The second-order valence-electron chi connectivity index (χ2n) is 5.93. The third-order valence-electron chi connectivity index (χ3n) is 3.86. The van der Waals surface area contributed by atoms with Crippen molar-refractivity contribution in [2.75, 3.05) is 17.2 Å². The molecule has 2 atom stereocenters. The van der Waals surface area contributed by atoms with Gasteiger partial charge in [0, 0.05) is 23.8 Å². The van der Waals surface area contributed by atoms with Gasteiger partial charge in [-0.3, -0.25) is 4.79 Å². The summed E-state index contributed by atoms with van der Waals surface area (Å²) < 4.78 is 0. The molecule has 0 fully saturated rings. The van der Waals surface area contributed by atoms with E-state index in [4.69, 9.17) is 5.73 Å². The number of nitrogens with two attached hydrogens (primary N) is 1. The number of hydrogen-bond donors (Lipinski definition) is 4. The van der Waals surface area contributed by atoms with Gasteiger partial charge in [0.25, 0.3) is 0 Å². The Kier molecular flexibility index (Phi) is 6.54. The molecule has 3 amide bonds. The van der Waals surface area contributed by atoms with Gasteiger partial charge in [-0.25, -0.2) is 4.79 Å². The van der Waals surface area contributed by atoms with Crippen LogP contribution in [0.25, 0.3) is 0 Å². The fraction of sp³-hybridized carbons (Fsp3) is 0.263. The fourth-order valence-corrected chi connectivity index (χ4v) is 2.22. The maximum Gasteiger partial charge on any atom is 0.323 e. The highest BCUT2D eigenvalue weighted by Gasteiger charge is 2.14. The number of carbonyl (C=O) groups is 2. The molecule has 0 bridgehead atoms. The molecule has 0 aromatic heterocycles. The predicted octanol–water partition coefficient (Wildman–Crippen LogP) is 3.10. The maximum absolute atomic E-state index is 12.0. The van der Waals surface area contributed by atoms with Crippen molar-refractivity contribution in [2.45, 2.75) is 19.9 Å². The molecular weight excluding hydrogens is 316 g/mol. The fourth-order valence-electron chi connectivity index (χ4n) is 2.22. The average Bonchev–Trinajstić information content (AvgIpc) is 2.62. The summed E-state index contributed by atoms with van der Waals surface area (Å²) in [6.45, 7) is 4.02. The summed E-state index contributed by atoms with van der Waals surface area (Å²) in [5.41, 5.74) is 7.85. The number of anilines is 2. The molecule has 0 aliphatic rings. The van der Waals surface area contributed by atoms with Crippen LogP contribution in [-0.2, 0) is 4.79 Å². The molecule has 0 saturated carbocycles. The van der Waals surface area contributed by atoms with Gasteiger partial charge >= 0.3 is 6.03 Å². The number of para-hydroxylation sites is 1. The lowest BCUT2D eigenvalue weighted by Gasteiger charge is -2.17. The summed E-state index contributed by atoms with van der Waals surface area (Å²) in [5.74, 6) is -0.287. The summed E-state index contributed by atoms with van der Waals surface area (Å²) >= 11 is 0. The maximum atomic E-state index is 12.0. The lowest BCUT2D eigenvalue weighted by Crippen LogP contribution is -2.34. The molecule has 2 rings (SSSR count). The van der Waals surface area contributed by atoms with E-state index in [1.807, 2.05) is 49.4 Å². The first-order chi connectivity index (χ1) is 12.0. The van der Waals surface area contributed by atoms with Gasteiger partial charge in [-0.05, 0) is 36.8 Å². The minimum Gasteiger partial charge on any atom is -0.349 e. The molecule has 132 valence electrons. The Morgan fingerprint density at radius 2 is 1.48 bits per heavy atom. The molecule has 2 aromatic rings. The molecule has 0 spiro atoms. The monoisotopic (exact) mass is 340 g/mol. The van der Waals surface area contributed by atoms with E-state index in [9.17, 15) is 9.59 Å². The van der Waals surface area contributed by atoms with E-state index in [0.717, 1.165) is 11.3 Å². The Hall–Kier alpha value is -2.86. The number of urea groups is 1. The Bertz CT molecular complexity index is 701. The molecule has 5 N–H and O–H groups in total. The zero-order valence-electron chi connectivity index (χ0n) is 14.5. The number of nitrogens with one attached hydrogen (secondary N) is 3. The number of hydrogen-bond acceptors (Lipinski definition) is 3. The molecule has 2 aromatic carbocycles. The predicted molar refractivity (Wildman–Crippen MR) is 100 cm³/mol. The van der Waals surface area contributed by atoms with Crippen LogP contribution in [0.2, 0.25) is 0 Å². The Balaban J connectivity index is 1.90. The zero-order valence-corrected chi connectivity index (χ0v) is 14.5. The van der Waals surface area contributed by atoms with E-state index in [-0.39, 0.29) is 23.9 Å². The van der Waals surface area contributed by atoms with Crippen LogP contribution in [0.5, 0.6) is 0 Å². The van der Waals surface area contributed by atoms with Gasteiger partial charge in [-0.1, -0.05) is 37.3 Å². The van der Waals surface area contributed by atoms with E-state index in [2.05, 4.69) is 16.0 Å². The third-order valence-corrected chi connectivity index (χ3v) is 3.86. The van der Waals surface area contributed by atoms with E-state index in [1.54, 1.807) is 19.1 Å². The molecule has 0 heterocycles. The largest absolute Gasteiger partial charge is 0.349 e. The summed E-state index contributed by atoms with van der Waals surface area (Å²) in [6.07, 6.45) is 0. The normalized spacial score (nSPS) is 12.8. The van der Waals surface area contributed by atoms with Gasteiger partial charge in [0.15, 0.2) is 0 Å². The lowest BCUT2D eigenvalue weighted by molar-refractivity contribution is -0.124. The number of rotatable bonds is 6. The average molecular weight is 340 g/mol. The summed E-state index contributed by atoms with van der Waals surface area (Å²) in [7, 11) is 0. The number of benzene rings is 2. The van der Waals surface area contributed by atoms with Crippen LogP contribution >= 0.6 is 0 Å². The highest BCUT2D eigenvalue weighted by molar-refractivity contribution is 5.99. The van der Waals surface area contributed by atoms with Crippen LogP contribution in [0.1, 0.15) is 25.5 Å². The highest BCUT2D eigenvalue weighted by atomic mass is 16.2. The van der Waals surface area contributed by atoms with Gasteiger partial charge in [-0.15, -0.1) is 0 Å². The van der Waals surface area contributed by atoms with Crippen LogP contribution < -0.4 is 21.7 Å². The van der Waals surface area contributed by atoms with Crippen molar-refractivity contribution in [2.24, 2.45) is 11.7 Å². The van der Waals surface area contributed by atoms with Crippen LogP contribution in [0.4, 0.5) is 16.2 Å². The van der Waals surface area contributed by atoms with Gasteiger partial charge in [0.2, 0.25) is 5.91 Å². The van der Waals surface area contributed by atoms with Crippen LogP contribution in [0, 0.1) is 5.92 Å². The van der Waals surface area contributed by atoms with E-state index in [1.165, 1.54) is 0 Å². The van der Waals surface area contributed by atoms with Gasteiger partial charge < -0.3 is 21.7 Å². The Morgan fingerprint density at radius 1 is 0.920 bits per heavy atom. The van der Waals surface area contributed by atoms with Crippen molar-refractivity contribution < 1.29 is 9.59 Å². The van der Waals surface area contributed by atoms with Crippen LogP contribution in [0.3, 0.4) is 0 Å². The van der Waals surface area contributed by atoms with E-state index >= 15 is 0 Å². The smallest absolute Gasteiger partial charge is 0.323 e. The minimum absolute atomic E-state index is 0.0700. The number of carbonyl (C=O) groups excluding carboxylic acids is 2. The van der Waals surface area contributed by atoms with Crippen molar-refractivity contribution >= 4 is 23.3 Å². The van der Waals surface area contributed by atoms with Crippen molar-refractivity contribution in [3.63, 3.8) is 0 Å². The zero-order chi connectivity index (χ0) is 18.2. The Morgan fingerprint density at radius 3 is 2.04 bits per heavy atom. The minimum atomic E-state index is -0.308. The van der Waals surface area contributed by atoms with Crippen molar-refractivity contribution in [3.05, 3.63) is 60.2 Å². The summed E-state index contributed by atoms with van der Waals surface area (Å²) in [4.78, 5) is 23.9.